The molecule has 0 aliphatic heterocycles. The lowest BCUT2D eigenvalue weighted by atomic mass is 10.1. The van der Waals surface area contributed by atoms with Crippen molar-refractivity contribution in [3.8, 4) is 0 Å². The molecule has 0 radical (unpaired) electrons. The van der Waals surface area contributed by atoms with E-state index in [-0.39, 0.29) is 5.75 Å². The van der Waals surface area contributed by atoms with Gasteiger partial charge in [0.15, 0.2) is 15.8 Å². The molecule has 6 heteroatoms. The predicted molar refractivity (Wildman–Crippen MR) is 97.7 cm³/mol. The van der Waals surface area contributed by atoms with Crippen molar-refractivity contribution in [3.63, 3.8) is 0 Å². The summed E-state index contributed by atoms with van der Waals surface area (Å²) in [5, 5.41) is 6.26. The number of nitrogens with one attached hydrogen (secondary N) is 2. The molecule has 0 spiro atoms. The zero-order valence-electron chi connectivity index (χ0n) is 14.6. The minimum absolute atomic E-state index is 0.0984. The van der Waals surface area contributed by atoms with E-state index in [1.807, 2.05) is 18.2 Å². The molecule has 0 saturated heterocycles. The van der Waals surface area contributed by atoms with Crippen LogP contribution >= 0.6 is 0 Å². The van der Waals surface area contributed by atoms with Gasteiger partial charge >= 0.3 is 0 Å². The van der Waals surface area contributed by atoms with E-state index in [2.05, 4.69) is 27.8 Å². The molecule has 0 fully saturated rings. The summed E-state index contributed by atoms with van der Waals surface area (Å²) in [6.45, 7) is 6.31. The van der Waals surface area contributed by atoms with E-state index >= 15 is 0 Å². The third-order valence-corrected chi connectivity index (χ3v) is 6.20. The zero-order chi connectivity index (χ0) is 17.3. The summed E-state index contributed by atoms with van der Waals surface area (Å²) in [5.74, 6) is 0.739. The van der Waals surface area contributed by atoms with Crippen LogP contribution in [0.2, 0.25) is 0 Å². The number of nitrogens with zero attached hydrogens (tertiary/aromatic N) is 1. The van der Waals surface area contributed by atoms with Crippen molar-refractivity contribution < 1.29 is 8.42 Å². The highest BCUT2D eigenvalue weighted by Gasteiger charge is 2.28. The maximum absolute atomic E-state index is 12.0. The van der Waals surface area contributed by atoms with Gasteiger partial charge in [0, 0.05) is 20.1 Å². The predicted octanol–water partition coefficient (Wildman–Crippen LogP) is 2.00. The van der Waals surface area contributed by atoms with Gasteiger partial charge in [-0.3, -0.25) is 4.99 Å². The van der Waals surface area contributed by atoms with Crippen molar-refractivity contribution in [1.29, 1.82) is 0 Å². The van der Waals surface area contributed by atoms with E-state index in [1.54, 1.807) is 27.8 Å². The fourth-order valence-corrected chi connectivity index (χ4v) is 2.96. The molecule has 1 rings (SSSR count). The number of guanidine groups is 1. The first-order chi connectivity index (χ1) is 10.8. The molecule has 0 atom stereocenters. The number of hydrogen-bond acceptors (Lipinski definition) is 3. The van der Waals surface area contributed by atoms with Crippen molar-refractivity contribution in [1.82, 2.24) is 10.6 Å². The number of hydrogen-bond donors (Lipinski definition) is 2. The Morgan fingerprint density at radius 1 is 1.09 bits per heavy atom. The number of sulfone groups is 1. The van der Waals surface area contributed by atoms with E-state index in [1.165, 1.54) is 5.56 Å². The minimum atomic E-state index is -3.11. The lowest BCUT2D eigenvalue weighted by Crippen LogP contribution is -2.42. The minimum Gasteiger partial charge on any atom is -0.356 e. The molecule has 0 aliphatic rings. The Morgan fingerprint density at radius 2 is 1.70 bits per heavy atom. The highest BCUT2D eigenvalue weighted by Crippen LogP contribution is 2.15. The van der Waals surface area contributed by atoms with E-state index < -0.39 is 14.6 Å². The molecule has 5 nitrogen and oxygen atoms in total. The Hall–Kier alpha value is -1.56. The summed E-state index contributed by atoms with van der Waals surface area (Å²) in [5.41, 5.74) is 1.31. The van der Waals surface area contributed by atoms with Crippen molar-refractivity contribution >= 4 is 15.8 Å². The highest BCUT2D eigenvalue weighted by molar-refractivity contribution is 7.92. The summed E-state index contributed by atoms with van der Waals surface area (Å²) >= 11 is 0. The second kappa shape index (κ2) is 8.91. The molecule has 0 bridgehead atoms. The molecule has 0 heterocycles. The third-order valence-electron chi connectivity index (χ3n) is 3.60. The van der Waals surface area contributed by atoms with Gasteiger partial charge in [-0.1, -0.05) is 30.3 Å². The molecule has 1 aromatic carbocycles. The number of benzene rings is 1. The molecule has 0 unspecified atom stereocenters. The summed E-state index contributed by atoms with van der Waals surface area (Å²) in [7, 11) is -1.42. The van der Waals surface area contributed by atoms with E-state index in [4.69, 9.17) is 0 Å². The first kappa shape index (κ1) is 19.5. The van der Waals surface area contributed by atoms with Crippen LogP contribution in [-0.2, 0) is 16.3 Å². The van der Waals surface area contributed by atoms with Crippen LogP contribution in [0.1, 0.15) is 32.8 Å². The average Bonchev–Trinajstić information content (AvgIpc) is 2.49. The Morgan fingerprint density at radius 3 is 2.26 bits per heavy atom. The smallest absolute Gasteiger partial charge is 0.191 e. The van der Waals surface area contributed by atoms with Gasteiger partial charge < -0.3 is 10.6 Å². The molecule has 0 amide bonds. The molecule has 0 saturated carbocycles. The van der Waals surface area contributed by atoms with E-state index in [0.717, 1.165) is 19.4 Å². The molecule has 0 aromatic heterocycles. The molecular formula is C17H29N3O2S. The maximum Gasteiger partial charge on any atom is 0.191 e. The SMILES string of the molecule is CN=C(NCCCc1ccccc1)NCCS(=O)(=O)C(C)(C)C. The van der Waals surface area contributed by atoms with Crippen molar-refractivity contribution in [3.05, 3.63) is 35.9 Å². The quantitative estimate of drug-likeness (QED) is 0.453. The van der Waals surface area contributed by atoms with Gasteiger partial charge in [0.25, 0.3) is 0 Å². The van der Waals surface area contributed by atoms with Gasteiger partial charge in [0.2, 0.25) is 0 Å². The Kier molecular flexibility index (Phi) is 7.55. The number of aliphatic imine (C=N–C) groups is 1. The fraction of sp³-hybridized carbons (Fsp3) is 0.588. The summed E-state index contributed by atoms with van der Waals surface area (Å²) in [4.78, 5) is 4.11. The van der Waals surface area contributed by atoms with Crippen LogP contribution in [0.25, 0.3) is 0 Å². The van der Waals surface area contributed by atoms with Crippen molar-refractivity contribution in [2.75, 3.05) is 25.9 Å². The van der Waals surface area contributed by atoms with Gasteiger partial charge in [-0.05, 0) is 39.2 Å². The third kappa shape index (κ3) is 7.03. The number of aryl methyl sites for hydroxylation is 1. The standard InChI is InChI=1S/C17H29N3O2S/c1-17(2,3)23(21,22)14-13-20-16(18-4)19-12-8-11-15-9-6-5-7-10-15/h5-7,9-10H,8,11-14H2,1-4H3,(H2,18,19,20). The lowest BCUT2D eigenvalue weighted by Gasteiger charge is -2.19. The number of rotatable bonds is 7. The molecule has 130 valence electrons. The first-order valence-corrected chi connectivity index (χ1v) is 9.62. The summed E-state index contributed by atoms with van der Waals surface area (Å²) in [6, 6.07) is 10.3. The van der Waals surface area contributed by atoms with Crippen LogP contribution < -0.4 is 10.6 Å². The van der Waals surface area contributed by atoms with Crippen molar-refractivity contribution in [2.24, 2.45) is 4.99 Å². The molecule has 2 N–H and O–H groups in total. The monoisotopic (exact) mass is 339 g/mol. The summed E-state index contributed by atoms with van der Waals surface area (Å²) in [6.07, 6.45) is 1.99. The Balaban J connectivity index is 2.28. The highest BCUT2D eigenvalue weighted by atomic mass is 32.2. The molecule has 23 heavy (non-hydrogen) atoms. The van der Waals surface area contributed by atoms with Crippen LogP contribution in [0.4, 0.5) is 0 Å². The van der Waals surface area contributed by atoms with Crippen LogP contribution in [0, 0.1) is 0 Å². The van der Waals surface area contributed by atoms with E-state index in [9.17, 15) is 8.42 Å². The van der Waals surface area contributed by atoms with Gasteiger partial charge in [-0.25, -0.2) is 8.42 Å². The first-order valence-electron chi connectivity index (χ1n) is 7.97. The van der Waals surface area contributed by atoms with Crippen LogP contribution in [0.5, 0.6) is 0 Å². The zero-order valence-corrected chi connectivity index (χ0v) is 15.4. The topological polar surface area (TPSA) is 70.6 Å². The Labute approximate surface area is 140 Å². The Bertz CT molecular complexity index is 590. The van der Waals surface area contributed by atoms with Gasteiger partial charge in [0.05, 0.1) is 10.5 Å². The van der Waals surface area contributed by atoms with Crippen LogP contribution in [0.3, 0.4) is 0 Å². The lowest BCUT2D eigenvalue weighted by molar-refractivity contribution is 0.559. The van der Waals surface area contributed by atoms with Gasteiger partial charge in [-0.15, -0.1) is 0 Å². The van der Waals surface area contributed by atoms with Gasteiger partial charge in [-0.2, -0.15) is 0 Å². The van der Waals surface area contributed by atoms with Crippen molar-refractivity contribution in [2.45, 2.75) is 38.4 Å². The maximum atomic E-state index is 12.0. The second-order valence-electron chi connectivity index (χ2n) is 6.45. The molecule has 0 aliphatic carbocycles. The second-order valence-corrected chi connectivity index (χ2v) is 9.31. The summed E-state index contributed by atoms with van der Waals surface area (Å²) < 4.78 is 23.4. The fourth-order valence-electron chi connectivity index (χ4n) is 1.97. The molecular weight excluding hydrogens is 310 g/mol. The largest absolute Gasteiger partial charge is 0.356 e. The normalized spacial score (nSPS) is 13.0. The van der Waals surface area contributed by atoms with E-state index in [0.29, 0.717) is 12.5 Å². The van der Waals surface area contributed by atoms with Crippen LogP contribution in [-0.4, -0.2) is 45.0 Å². The van der Waals surface area contributed by atoms with Crippen LogP contribution in [0.15, 0.2) is 35.3 Å². The van der Waals surface area contributed by atoms with Gasteiger partial charge in [0.1, 0.15) is 0 Å². The molecule has 1 aromatic rings. The average molecular weight is 340 g/mol.